The normalized spacial score (nSPS) is 19.9. The number of pyridine rings is 1. The first-order valence-electron chi connectivity index (χ1n) is 14.6. The van der Waals surface area contributed by atoms with Gasteiger partial charge in [-0.3, -0.25) is 0 Å². The number of benzene rings is 2. The van der Waals surface area contributed by atoms with E-state index >= 15 is 0 Å². The van der Waals surface area contributed by atoms with Gasteiger partial charge in [0.05, 0.1) is 34.4 Å². The maximum Gasteiger partial charge on any atom is 0.0988 e. The average molecular weight is 513 g/mol. The van der Waals surface area contributed by atoms with Gasteiger partial charge in [0.25, 0.3) is 0 Å². The zero-order valence-electron chi connectivity index (χ0n) is 22.7. The van der Waals surface area contributed by atoms with Crippen molar-refractivity contribution in [2.24, 2.45) is 0 Å². The van der Waals surface area contributed by atoms with Gasteiger partial charge in [-0.2, -0.15) is 0 Å². The molecule has 7 rings (SSSR count). The second-order valence-electron chi connectivity index (χ2n) is 11.3. The first kappa shape index (κ1) is 24.2. The number of anilines is 2. The maximum atomic E-state index is 5.73. The van der Waals surface area contributed by atoms with Gasteiger partial charge < -0.3 is 28.9 Å². The summed E-state index contributed by atoms with van der Waals surface area (Å²) < 4.78 is 8.28. The molecule has 4 aromatic rings. The Labute approximate surface area is 225 Å². The fraction of sp³-hybridized carbons (Fsp3) is 0.516. The lowest BCUT2D eigenvalue weighted by molar-refractivity contribution is 0.152. The number of piperazine rings is 1. The minimum atomic E-state index is 0.796. The molecular weight excluding hydrogens is 472 g/mol. The summed E-state index contributed by atoms with van der Waals surface area (Å²) in [7, 11) is 2.24. The van der Waals surface area contributed by atoms with Crippen molar-refractivity contribution < 1.29 is 4.74 Å². The van der Waals surface area contributed by atoms with Crippen LogP contribution in [0.25, 0.3) is 32.8 Å². The molecule has 0 N–H and O–H groups in total. The first-order valence-corrected chi connectivity index (χ1v) is 14.6. The molecule has 200 valence electrons. The Balaban J connectivity index is 1.30. The molecule has 0 radical (unpaired) electrons. The van der Waals surface area contributed by atoms with Crippen molar-refractivity contribution in [3.63, 3.8) is 0 Å². The maximum absolute atomic E-state index is 5.73. The van der Waals surface area contributed by atoms with Crippen LogP contribution < -0.4 is 9.80 Å². The third-order valence-electron chi connectivity index (χ3n) is 8.85. The van der Waals surface area contributed by atoms with Gasteiger partial charge in [0.2, 0.25) is 0 Å². The Morgan fingerprint density at radius 3 is 2.63 bits per heavy atom. The minimum Gasteiger partial charge on any atom is -0.380 e. The Bertz CT molecular complexity index is 1430. The summed E-state index contributed by atoms with van der Waals surface area (Å²) in [4.78, 5) is 15.6. The van der Waals surface area contributed by atoms with Crippen LogP contribution in [0.5, 0.6) is 0 Å². The molecule has 0 amide bonds. The van der Waals surface area contributed by atoms with Crippen LogP contribution in [0.15, 0.2) is 42.5 Å². The standard InChI is InChI=1S/C31H40N6O/c1-33-16-18-34(19-17-33)11-4-12-36-13-5-15-37-28-8-3-2-7-26(28)29-31(37)30(36)25-10-9-24(23-27(25)32-29)35-14-6-21-38-22-20-35/h2-3,7-10,23H,4-6,11-22H2,1H3. The van der Waals surface area contributed by atoms with E-state index in [1.54, 1.807) is 0 Å². The van der Waals surface area contributed by atoms with Crippen molar-refractivity contribution in [2.45, 2.75) is 25.8 Å². The highest BCUT2D eigenvalue weighted by Crippen LogP contribution is 2.41. The van der Waals surface area contributed by atoms with Gasteiger partial charge in [-0.15, -0.1) is 0 Å². The van der Waals surface area contributed by atoms with E-state index < -0.39 is 0 Å². The number of hydrogen-bond donors (Lipinski definition) is 0. The van der Waals surface area contributed by atoms with Gasteiger partial charge in [-0.05, 0) is 57.1 Å². The molecule has 0 spiro atoms. The fourth-order valence-corrected chi connectivity index (χ4v) is 6.76. The predicted octanol–water partition coefficient (Wildman–Crippen LogP) is 4.42. The van der Waals surface area contributed by atoms with Gasteiger partial charge in [0.15, 0.2) is 0 Å². The van der Waals surface area contributed by atoms with Crippen molar-refractivity contribution >= 4 is 44.2 Å². The van der Waals surface area contributed by atoms with Gasteiger partial charge in [0, 0.05) is 82.0 Å². The molecule has 38 heavy (non-hydrogen) atoms. The second-order valence-corrected chi connectivity index (χ2v) is 11.3. The minimum absolute atomic E-state index is 0.796. The number of ether oxygens (including phenoxy) is 1. The van der Waals surface area contributed by atoms with E-state index in [-0.39, 0.29) is 0 Å². The number of fused-ring (bicyclic) bond motifs is 5. The summed E-state index contributed by atoms with van der Waals surface area (Å²) in [5.41, 5.74) is 7.57. The van der Waals surface area contributed by atoms with Crippen LogP contribution in [0.2, 0.25) is 0 Å². The molecule has 0 bridgehead atoms. The molecule has 0 aliphatic carbocycles. The highest BCUT2D eigenvalue weighted by atomic mass is 16.5. The van der Waals surface area contributed by atoms with Crippen LogP contribution in [-0.4, -0.2) is 98.5 Å². The van der Waals surface area contributed by atoms with Crippen LogP contribution >= 0.6 is 0 Å². The molecule has 0 unspecified atom stereocenters. The summed E-state index contributed by atoms with van der Waals surface area (Å²) in [6.45, 7) is 12.8. The van der Waals surface area contributed by atoms with Gasteiger partial charge in [-0.25, -0.2) is 4.98 Å². The zero-order valence-corrected chi connectivity index (χ0v) is 22.7. The number of aryl methyl sites for hydroxylation is 1. The molecule has 7 nitrogen and oxygen atoms in total. The molecule has 0 atom stereocenters. The average Bonchev–Trinajstić information content (AvgIpc) is 3.15. The van der Waals surface area contributed by atoms with Crippen molar-refractivity contribution in [2.75, 3.05) is 89.0 Å². The fourth-order valence-electron chi connectivity index (χ4n) is 6.76. The third kappa shape index (κ3) is 4.40. The highest BCUT2D eigenvalue weighted by molar-refractivity contribution is 6.17. The molecule has 2 aromatic heterocycles. The van der Waals surface area contributed by atoms with E-state index in [0.717, 1.165) is 69.8 Å². The lowest BCUT2D eigenvalue weighted by Gasteiger charge is -2.33. The highest BCUT2D eigenvalue weighted by Gasteiger charge is 2.25. The lowest BCUT2D eigenvalue weighted by Crippen LogP contribution is -2.45. The van der Waals surface area contributed by atoms with E-state index in [0.29, 0.717) is 0 Å². The topological polar surface area (TPSA) is 40.0 Å². The Hall–Kier alpha value is -2.87. The van der Waals surface area contributed by atoms with Crippen LogP contribution in [0.1, 0.15) is 19.3 Å². The molecule has 7 heteroatoms. The SMILES string of the molecule is CN1CCN(CCCN2CCCn3c4ccccc4c4nc5cc(N6CCCOCC6)ccc5c2c43)CC1. The largest absolute Gasteiger partial charge is 0.380 e. The van der Waals surface area contributed by atoms with Gasteiger partial charge in [0.1, 0.15) is 0 Å². The molecule has 5 heterocycles. The van der Waals surface area contributed by atoms with Crippen molar-refractivity contribution in [1.82, 2.24) is 19.4 Å². The van der Waals surface area contributed by atoms with Crippen molar-refractivity contribution in [3.05, 3.63) is 42.5 Å². The van der Waals surface area contributed by atoms with E-state index in [1.165, 1.54) is 72.3 Å². The molecule has 0 saturated carbocycles. The predicted molar refractivity (Wildman–Crippen MR) is 158 cm³/mol. The molecule has 2 fully saturated rings. The van der Waals surface area contributed by atoms with Crippen LogP contribution in [-0.2, 0) is 11.3 Å². The smallest absolute Gasteiger partial charge is 0.0988 e. The van der Waals surface area contributed by atoms with Crippen LogP contribution in [0.3, 0.4) is 0 Å². The van der Waals surface area contributed by atoms with E-state index in [9.17, 15) is 0 Å². The van der Waals surface area contributed by atoms with Gasteiger partial charge in [-0.1, -0.05) is 18.2 Å². The summed E-state index contributed by atoms with van der Waals surface area (Å²) in [5, 5.41) is 2.57. The number of para-hydroxylation sites is 1. The second kappa shape index (κ2) is 10.4. The first-order chi connectivity index (χ1) is 18.8. The van der Waals surface area contributed by atoms with Gasteiger partial charge >= 0.3 is 0 Å². The Morgan fingerprint density at radius 1 is 0.816 bits per heavy atom. The number of rotatable bonds is 5. The Morgan fingerprint density at radius 2 is 1.71 bits per heavy atom. The van der Waals surface area contributed by atoms with Crippen molar-refractivity contribution in [1.29, 1.82) is 0 Å². The van der Waals surface area contributed by atoms with Crippen molar-refractivity contribution in [3.8, 4) is 0 Å². The van der Waals surface area contributed by atoms with Crippen LogP contribution in [0.4, 0.5) is 11.4 Å². The molecule has 2 saturated heterocycles. The molecule has 3 aliphatic heterocycles. The molecule has 3 aliphatic rings. The lowest BCUT2D eigenvalue weighted by atomic mass is 10.1. The van der Waals surface area contributed by atoms with E-state index in [1.807, 2.05) is 0 Å². The summed E-state index contributed by atoms with van der Waals surface area (Å²) in [6, 6.07) is 15.9. The molecular formula is C31H40N6O. The quantitative estimate of drug-likeness (QED) is 0.394. The summed E-state index contributed by atoms with van der Waals surface area (Å²) in [5.74, 6) is 0. The monoisotopic (exact) mass is 512 g/mol. The van der Waals surface area contributed by atoms with E-state index in [4.69, 9.17) is 9.72 Å². The summed E-state index contributed by atoms with van der Waals surface area (Å²) >= 11 is 0. The third-order valence-corrected chi connectivity index (χ3v) is 8.85. The van der Waals surface area contributed by atoms with Crippen LogP contribution in [0, 0.1) is 0 Å². The Kier molecular flexibility index (Phi) is 6.60. The number of hydrogen-bond acceptors (Lipinski definition) is 6. The number of aromatic nitrogens is 2. The number of nitrogens with zero attached hydrogens (tertiary/aromatic N) is 6. The van der Waals surface area contributed by atoms with E-state index in [2.05, 4.69) is 73.7 Å². The molecule has 2 aromatic carbocycles. The number of likely N-dealkylation sites (N-methyl/N-ethyl adjacent to an activating group) is 1. The summed E-state index contributed by atoms with van der Waals surface area (Å²) in [6.07, 6.45) is 3.43. The zero-order chi connectivity index (χ0) is 25.5.